The summed E-state index contributed by atoms with van der Waals surface area (Å²) >= 11 is 5.85. The summed E-state index contributed by atoms with van der Waals surface area (Å²) in [5.74, 6) is 0.257. The van der Waals surface area contributed by atoms with Crippen LogP contribution in [0.25, 0.3) is 0 Å². The topological polar surface area (TPSA) is 103 Å². The van der Waals surface area contributed by atoms with Gasteiger partial charge in [-0.2, -0.15) is 0 Å². The average molecular weight is 384 g/mol. The van der Waals surface area contributed by atoms with Crippen LogP contribution >= 0.6 is 11.6 Å². The van der Waals surface area contributed by atoms with Gasteiger partial charge in [-0.3, -0.25) is 4.79 Å². The van der Waals surface area contributed by atoms with E-state index in [2.05, 4.69) is 20.3 Å². The third-order valence-electron chi connectivity index (χ3n) is 3.73. The summed E-state index contributed by atoms with van der Waals surface area (Å²) in [6, 6.07) is 12.4. The predicted octanol–water partition coefficient (Wildman–Crippen LogP) is 2.49. The molecule has 1 aromatic carbocycles. The molecule has 2 aromatic heterocycles. The Morgan fingerprint density at radius 1 is 1.11 bits per heavy atom. The molecule has 3 aromatic rings. The van der Waals surface area contributed by atoms with Crippen molar-refractivity contribution in [2.45, 2.75) is 19.7 Å². The Balaban J connectivity index is 1.59. The molecule has 27 heavy (non-hydrogen) atoms. The van der Waals surface area contributed by atoms with Crippen LogP contribution < -0.4 is 15.8 Å². The van der Waals surface area contributed by atoms with Crippen molar-refractivity contribution in [3.8, 4) is 5.88 Å². The first-order valence-electron chi connectivity index (χ1n) is 8.25. The second-order valence-corrected chi connectivity index (χ2v) is 6.10. The summed E-state index contributed by atoms with van der Waals surface area (Å²) in [6.45, 7) is 0.962. The van der Waals surface area contributed by atoms with E-state index < -0.39 is 0 Å². The highest BCUT2D eigenvalue weighted by atomic mass is 35.5. The maximum absolute atomic E-state index is 12.4. The molecule has 0 saturated carbocycles. The normalized spacial score (nSPS) is 10.4. The van der Waals surface area contributed by atoms with E-state index >= 15 is 0 Å². The molecule has 1 amide bonds. The van der Waals surface area contributed by atoms with E-state index in [4.69, 9.17) is 22.1 Å². The Morgan fingerprint density at radius 2 is 2.00 bits per heavy atom. The van der Waals surface area contributed by atoms with Crippen LogP contribution in [0, 0.1) is 0 Å². The molecule has 0 bridgehead atoms. The van der Waals surface area contributed by atoms with Crippen LogP contribution in [-0.4, -0.2) is 20.9 Å². The summed E-state index contributed by atoms with van der Waals surface area (Å²) < 4.78 is 5.65. The van der Waals surface area contributed by atoms with Crippen molar-refractivity contribution in [3.05, 3.63) is 82.5 Å². The number of carbonyl (C=O) groups excluding carboxylic acids is 1. The Kier molecular flexibility index (Phi) is 6.30. The Labute approximate surface area is 161 Å². The molecule has 0 aliphatic carbocycles. The first-order valence-corrected chi connectivity index (χ1v) is 8.63. The summed E-state index contributed by atoms with van der Waals surface area (Å²) in [7, 11) is 0. The van der Waals surface area contributed by atoms with Crippen molar-refractivity contribution < 1.29 is 9.53 Å². The molecule has 0 fully saturated rings. The highest BCUT2D eigenvalue weighted by Crippen LogP contribution is 2.12. The van der Waals surface area contributed by atoms with Crippen LogP contribution in [0.5, 0.6) is 5.88 Å². The van der Waals surface area contributed by atoms with Gasteiger partial charge in [-0.25, -0.2) is 15.0 Å². The number of pyridine rings is 1. The van der Waals surface area contributed by atoms with Gasteiger partial charge < -0.3 is 15.8 Å². The van der Waals surface area contributed by atoms with Crippen molar-refractivity contribution >= 4 is 17.5 Å². The SMILES string of the molecule is NCc1cc(OCc2cccc(C(=O)NCc3ccnc(Cl)c3)c2)ncn1. The van der Waals surface area contributed by atoms with E-state index in [1.165, 1.54) is 6.33 Å². The van der Waals surface area contributed by atoms with Gasteiger partial charge in [0.2, 0.25) is 5.88 Å². The maximum atomic E-state index is 12.4. The molecule has 3 rings (SSSR count). The lowest BCUT2D eigenvalue weighted by Gasteiger charge is -2.09. The highest BCUT2D eigenvalue weighted by molar-refractivity contribution is 6.29. The minimum Gasteiger partial charge on any atom is -0.473 e. The van der Waals surface area contributed by atoms with Gasteiger partial charge in [-0.1, -0.05) is 23.7 Å². The molecule has 0 radical (unpaired) electrons. The number of halogens is 1. The van der Waals surface area contributed by atoms with Crippen LogP contribution in [0.4, 0.5) is 0 Å². The zero-order valence-corrected chi connectivity index (χ0v) is 15.2. The molecule has 0 atom stereocenters. The molecular formula is C19H18ClN5O2. The lowest BCUT2D eigenvalue weighted by molar-refractivity contribution is 0.0950. The Hall–Kier alpha value is -3.03. The van der Waals surface area contributed by atoms with E-state index in [1.807, 2.05) is 12.1 Å². The fourth-order valence-electron chi connectivity index (χ4n) is 2.36. The lowest BCUT2D eigenvalue weighted by Crippen LogP contribution is -2.23. The minimum absolute atomic E-state index is 0.183. The first kappa shape index (κ1) is 18.8. The summed E-state index contributed by atoms with van der Waals surface area (Å²) in [4.78, 5) is 24.4. The number of nitrogens with zero attached hydrogens (tertiary/aromatic N) is 3. The largest absolute Gasteiger partial charge is 0.473 e. The smallest absolute Gasteiger partial charge is 0.251 e. The number of amides is 1. The number of rotatable bonds is 7. The molecule has 138 valence electrons. The van der Waals surface area contributed by atoms with Gasteiger partial charge in [0.05, 0.1) is 5.69 Å². The van der Waals surface area contributed by atoms with Crippen molar-refractivity contribution in [1.82, 2.24) is 20.3 Å². The molecule has 2 heterocycles. The fraction of sp³-hybridized carbons (Fsp3) is 0.158. The molecule has 0 unspecified atom stereocenters. The Bertz CT molecular complexity index is 935. The van der Waals surface area contributed by atoms with Gasteiger partial charge in [-0.15, -0.1) is 0 Å². The summed E-state index contributed by atoms with van der Waals surface area (Å²) in [5, 5.41) is 3.25. The quantitative estimate of drug-likeness (QED) is 0.607. The van der Waals surface area contributed by atoms with Crippen molar-refractivity contribution in [1.29, 1.82) is 0 Å². The second-order valence-electron chi connectivity index (χ2n) is 5.71. The van der Waals surface area contributed by atoms with Crippen LogP contribution in [0.1, 0.15) is 27.2 Å². The maximum Gasteiger partial charge on any atom is 0.251 e. The molecule has 0 spiro atoms. The lowest BCUT2D eigenvalue weighted by atomic mass is 10.1. The molecule has 7 nitrogen and oxygen atoms in total. The van der Waals surface area contributed by atoms with Crippen molar-refractivity contribution in [2.24, 2.45) is 5.73 Å². The third kappa shape index (κ3) is 5.47. The van der Waals surface area contributed by atoms with Crippen molar-refractivity contribution in [2.75, 3.05) is 0 Å². The third-order valence-corrected chi connectivity index (χ3v) is 3.93. The molecule has 0 saturated heterocycles. The van der Waals surface area contributed by atoms with Crippen LogP contribution in [0.15, 0.2) is 55.0 Å². The zero-order valence-electron chi connectivity index (χ0n) is 14.4. The highest BCUT2D eigenvalue weighted by Gasteiger charge is 2.07. The number of carbonyl (C=O) groups is 1. The second kappa shape index (κ2) is 9.07. The number of nitrogens with one attached hydrogen (secondary N) is 1. The van der Waals surface area contributed by atoms with Crippen LogP contribution in [-0.2, 0) is 19.7 Å². The van der Waals surface area contributed by atoms with Gasteiger partial charge in [0, 0.05) is 30.9 Å². The zero-order chi connectivity index (χ0) is 19.1. The molecule has 0 aliphatic rings. The van der Waals surface area contributed by atoms with Gasteiger partial charge in [0.15, 0.2) is 0 Å². The van der Waals surface area contributed by atoms with Crippen molar-refractivity contribution in [3.63, 3.8) is 0 Å². The van der Waals surface area contributed by atoms with E-state index in [0.717, 1.165) is 11.1 Å². The van der Waals surface area contributed by atoms with Gasteiger partial charge >= 0.3 is 0 Å². The number of ether oxygens (including phenoxy) is 1. The monoisotopic (exact) mass is 383 g/mol. The number of hydrogen-bond donors (Lipinski definition) is 2. The fourth-order valence-corrected chi connectivity index (χ4v) is 2.56. The standard InChI is InChI=1S/C19H18ClN5O2/c20-17-7-13(4-5-22-17)10-23-19(26)15-3-1-2-14(6-15)11-27-18-8-16(9-21)24-12-25-18/h1-8,12H,9-11,21H2,(H,23,26). The first-order chi connectivity index (χ1) is 13.1. The number of nitrogens with two attached hydrogens (primary N) is 1. The number of hydrogen-bond acceptors (Lipinski definition) is 6. The van der Waals surface area contributed by atoms with E-state index in [1.54, 1.807) is 36.5 Å². The van der Waals surface area contributed by atoms with Gasteiger partial charge in [0.25, 0.3) is 5.91 Å². The minimum atomic E-state index is -0.183. The molecular weight excluding hydrogens is 366 g/mol. The number of benzene rings is 1. The van der Waals surface area contributed by atoms with Crippen LogP contribution in [0.2, 0.25) is 5.15 Å². The van der Waals surface area contributed by atoms with E-state index in [9.17, 15) is 4.79 Å². The Morgan fingerprint density at radius 3 is 2.81 bits per heavy atom. The average Bonchev–Trinajstić information content (AvgIpc) is 2.71. The molecule has 8 heteroatoms. The van der Waals surface area contributed by atoms with Gasteiger partial charge in [-0.05, 0) is 35.4 Å². The molecule has 0 aliphatic heterocycles. The molecule has 3 N–H and O–H groups in total. The van der Waals surface area contributed by atoms with E-state index in [0.29, 0.717) is 35.4 Å². The van der Waals surface area contributed by atoms with E-state index in [-0.39, 0.29) is 12.5 Å². The van der Waals surface area contributed by atoms with Crippen LogP contribution in [0.3, 0.4) is 0 Å². The number of aromatic nitrogens is 3. The summed E-state index contributed by atoms with van der Waals surface area (Å²) in [6.07, 6.45) is 3.01. The summed E-state index contributed by atoms with van der Waals surface area (Å²) in [5.41, 5.74) is 8.53. The van der Waals surface area contributed by atoms with Gasteiger partial charge in [0.1, 0.15) is 18.1 Å². The predicted molar refractivity (Wildman–Crippen MR) is 101 cm³/mol.